The van der Waals surface area contributed by atoms with Gasteiger partial charge < -0.3 is 15.2 Å². The maximum absolute atomic E-state index is 11.5. The van der Waals surface area contributed by atoms with Gasteiger partial charge in [0.05, 0.1) is 5.41 Å². The van der Waals surface area contributed by atoms with Gasteiger partial charge >= 0.3 is 12.1 Å². The summed E-state index contributed by atoms with van der Waals surface area (Å²) in [4.78, 5) is 22.9. The first-order valence-corrected chi connectivity index (χ1v) is 6.35. The van der Waals surface area contributed by atoms with Crippen molar-refractivity contribution in [1.29, 1.82) is 0 Å². The zero-order valence-electron chi connectivity index (χ0n) is 11.6. The van der Waals surface area contributed by atoms with Crippen LogP contribution in [0.2, 0.25) is 0 Å². The lowest BCUT2D eigenvalue weighted by atomic mass is 9.85. The van der Waals surface area contributed by atoms with Gasteiger partial charge in [0.15, 0.2) is 0 Å². The summed E-state index contributed by atoms with van der Waals surface area (Å²) in [5, 5.41) is 11.9. The minimum absolute atomic E-state index is 0.140. The molecular formula is C13H23NO4. The van der Waals surface area contributed by atoms with E-state index < -0.39 is 23.1 Å². The SMILES string of the molecule is CC1CCC(CNC(=O)OC(C)(C)C)(C(=O)O)C1. The maximum atomic E-state index is 11.5. The first kappa shape index (κ1) is 14.8. The van der Waals surface area contributed by atoms with Crippen LogP contribution in [0.15, 0.2) is 0 Å². The summed E-state index contributed by atoms with van der Waals surface area (Å²) >= 11 is 0. The van der Waals surface area contributed by atoms with Gasteiger partial charge in [-0.05, 0) is 46.0 Å². The van der Waals surface area contributed by atoms with Crippen molar-refractivity contribution in [1.82, 2.24) is 5.32 Å². The van der Waals surface area contributed by atoms with Crippen molar-refractivity contribution in [2.75, 3.05) is 6.54 Å². The number of nitrogens with one attached hydrogen (secondary N) is 1. The highest BCUT2D eigenvalue weighted by Crippen LogP contribution is 2.41. The van der Waals surface area contributed by atoms with Crippen LogP contribution in [0.3, 0.4) is 0 Å². The highest BCUT2D eigenvalue weighted by Gasteiger charge is 2.44. The molecule has 5 nitrogen and oxygen atoms in total. The molecule has 2 unspecified atom stereocenters. The Bertz CT molecular complexity index is 334. The van der Waals surface area contributed by atoms with Crippen LogP contribution in [-0.4, -0.2) is 29.3 Å². The third kappa shape index (κ3) is 3.89. The van der Waals surface area contributed by atoms with Gasteiger partial charge in [-0.25, -0.2) is 4.79 Å². The summed E-state index contributed by atoms with van der Waals surface area (Å²) in [6, 6.07) is 0. The van der Waals surface area contributed by atoms with E-state index in [0.717, 1.165) is 6.42 Å². The van der Waals surface area contributed by atoms with Crippen molar-refractivity contribution in [3.05, 3.63) is 0 Å². The topological polar surface area (TPSA) is 75.6 Å². The van der Waals surface area contributed by atoms with Gasteiger partial charge in [0.25, 0.3) is 0 Å². The quantitative estimate of drug-likeness (QED) is 0.814. The Morgan fingerprint density at radius 3 is 2.44 bits per heavy atom. The number of aliphatic carboxylic acids is 1. The zero-order chi connectivity index (χ0) is 14.0. The minimum atomic E-state index is -0.831. The molecule has 0 spiro atoms. The van der Waals surface area contributed by atoms with Crippen molar-refractivity contribution in [3.63, 3.8) is 0 Å². The number of hydrogen-bond donors (Lipinski definition) is 2. The predicted molar refractivity (Wildman–Crippen MR) is 67.3 cm³/mol. The second-order valence-electron chi connectivity index (χ2n) is 6.29. The number of amides is 1. The number of alkyl carbamates (subject to hydrolysis) is 1. The van der Waals surface area contributed by atoms with Gasteiger partial charge in [0, 0.05) is 6.54 Å². The number of carboxylic acid groups (broad SMARTS) is 1. The maximum Gasteiger partial charge on any atom is 0.407 e. The lowest BCUT2D eigenvalue weighted by Gasteiger charge is -2.26. The summed E-state index contributed by atoms with van der Waals surface area (Å²) < 4.78 is 5.11. The van der Waals surface area contributed by atoms with Gasteiger partial charge in [0.2, 0.25) is 0 Å². The molecule has 1 aliphatic rings. The average Bonchev–Trinajstić information content (AvgIpc) is 2.56. The standard InChI is InChI=1S/C13H23NO4/c1-9-5-6-13(7-9,10(15)16)8-14-11(17)18-12(2,3)4/h9H,5-8H2,1-4H3,(H,14,17)(H,15,16). The molecule has 104 valence electrons. The number of carboxylic acids is 1. The van der Waals surface area contributed by atoms with Crippen LogP contribution in [0.4, 0.5) is 4.79 Å². The fourth-order valence-corrected chi connectivity index (χ4v) is 2.38. The highest BCUT2D eigenvalue weighted by molar-refractivity contribution is 5.77. The fourth-order valence-electron chi connectivity index (χ4n) is 2.38. The van der Waals surface area contributed by atoms with Crippen LogP contribution >= 0.6 is 0 Å². The minimum Gasteiger partial charge on any atom is -0.481 e. The van der Waals surface area contributed by atoms with Gasteiger partial charge in [-0.2, -0.15) is 0 Å². The number of rotatable bonds is 3. The first-order valence-electron chi connectivity index (χ1n) is 6.35. The van der Waals surface area contributed by atoms with E-state index in [4.69, 9.17) is 4.74 Å². The normalized spacial score (nSPS) is 27.9. The van der Waals surface area contributed by atoms with E-state index in [2.05, 4.69) is 5.32 Å². The first-order chi connectivity index (χ1) is 8.15. The van der Waals surface area contributed by atoms with Gasteiger partial charge in [-0.1, -0.05) is 6.92 Å². The molecule has 18 heavy (non-hydrogen) atoms. The Morgan fingerprint density at radius 1 is 1.44 bits per heavy atom. The number of ether oxygens (including phenoxy) is 1. The molecule has 0 aromatic carbocycles. The van der Waals surface area contributed by atoms with Crippen molar-refractivity contribution in [3.8, 4) is 0 Å². The Morgan fingerprint density at radius 2 is 2.06 bits per heavy atom. The lowest BCUT2D eigenvalue weighted by Crippen LogP contribution is -2.43. The van der Waals surface area contributed by atoms with Crippen molar-refractivity contribution >= 4 is 12.1 Å². The Balaban J connectivity index is 2.54. The summed E-state index contributed by atoms with van der Waals surface area (Å²) in [7, 11) is 0. The molecule has 1 fully saturated rings. The van der Waals surface area contributed by atoms with Crippen LogP contribution in [0.25, 0.3) is 0 Å². The molecule has 1 aliphatic carbocycles. The molecule has 2 N–H and O–H groups in total. The van der Waals surface area contributed by atoms with Crippen LogP contribution in [-0.2, 0) is 9.53 Å². The van der Waals surface area contributed by atoms with Gasteiger partial charge in [-0.3, -0.25) is 4.79 Å². The number of carbonyl (C=O) groups is 2. The molecule has 0 radical (unpaired) electrons. The van der Waals surface area contributed by atoms with Gasteiger partial charge in [-0.15, -0.1) is 0 Å². The molecule has 0 heterocycles. The third-order valence-electron chi connectivity index (χ3n) is 3.28. The zero-order valence-corrected chi connectivity index (χ0v) is 11.6. The van der Waals surface area contributed by atoms with Crippen molar-refractivity contribution in [2.24, 2.45) is 11.3 Å². The largest absolute Gasteiger partial charge is 0.481 e. The van der Waals surface area contributed by atoms with Crippen LogP contribution in [0.1, 0.15) is 47.0 Å². The van der Waals surface area contributed by atoms with E-state index in [1.54, 1.807) is 20.8 Å². The van der Waals surface area contributed by atoms with E-state index >= 15 is 0 Å². The number of carbonyl (C=O) groups excluding carboxylic acids is 1. The predicted octanol–water partition coefficient (Wildman–Crippen LogP) is 2.40. The smallest absolute Gasteiger partial charge is 0.407 e. The molecule has 0 bridgehead atoms. The summed E-state index contributed by atoms with van der Waals surface area (Å²) in [5.74, 6) is -0.440. The lowest BCUT2D eigenvalue weighted by molar-refractivity contribution is -0.148. The van der Waals surface area contributed by atoms with E-state index in [-0.39, 0.29) is 6.54 Å². The van der Waals surface area contributed by atoms with E-state index in [9.17, 15) is 14.7 Å². The Kier molecular flexibility index (Phi) is 4.24. The van der Waals surface area contributed by atoms with Crippen LogP contribution in [0, 0.1) is 11.3 Å². The fraction of sp³-hybridized carbons (Fsp3) is 0.846. The molecule has 0 aliphatic heterocycles. The molecule has 0 aromatic rings. The molecule has 0 aromatic heterocycles. The van der Waals surface area contributed by atoms with E-state index in [0.29, 0.717) is 18.8 Å². The van der Waals surface area contributed by atoms with Crippen molar-refractivity contribution < 1.29 is 19.4 Å². The van der Waals surface area contributed by atoms with Gasteiger partial charge in [0.1, 0.15) is 5.60 Å². The molecule has 1 rings (SSSR count). The average molecular weight is 257 g/mol. The second kappa shape index (κ2) is 5.16. The monoisotopic (exact) mass is 257 g/mol. The Hall–Kier alpha value is -1.26. The van der Waals surface area contributed by atoms with E-state index in [1.807, 2.05) is 6.92 Å². The molecule has 2 atom stereocenters. The summed E-state index contributed by atoms with van der Waals surface area (Å²) in [5.41, 5.74) is -1.39. The van der Waals surface area contributed by atoms with Crippen LogP contribution in [0.5, 0.6) is 0 Å². The Labute approximate surface area is 108 Å². The summed E-state index contributed by atoms with van der Waals surface area (Å²) in [6.45, 7) is 7.51. The number of hydrogen-bond acceptors (Lipinski definition) is 3. The molecule has 0 saturated heterocycles. The highest BCUT2D eigenvalue weighted by atomic mass is 16.6. The van der Waals surface area contributed by atoms with Crippen LogP contribution < -0.4 is 5.32 Å². The summed E-state index contributed by atoms with van der Waals surface area (Å²) in [6.07, 6.45) is 1.56. The molecular weight excluding hydrogens is 234 g/mol. The second-order valence-corrected chi connectivity index (χ2v) is 6.29. The molecule has 1 amide bonds. The molecule has 5 heteroatoms. The van der Waals surface area contributed by atoms with Crippen molar-refractivity contribution in [2.45, 2.75) is 52.6 Å². The van der Waals surface area contributed by atoms with E-state index in [1.165, 1.54) is 0 Å². The third-order valence-corrected chi connectivity index (χ3v) is 3.28. The molecule has 1 saturated carbocycles.